The normalized spacial score (nSPS) is 33.9. The molecule has 0 bridgehead atoms. The van der Waals surface area contributed by atoms with Crippen molar-refractivity contribution in [3.8, 4) is 0 Å². The molecule has 0 aromatic rings. The van der Waals surface area contributed by atoms with E-state index in [9.17, 15) is 0 Å². The molecule has 0 fully saturated rings. The first-order valence-electron chi connectivity index (χ1n) is 5.87. The van der Waals surface area contributed by atoms with Gasteiger partial charge in [0.2, 0.25) is 0 Å². The van der Waals surface area contributed by atoms with Gasteiger partial charge in [-0.25, -0.2) is 4.99 Å². The van der Waals surface area contributed by atoms with Crippen LogP contribution in [0, 0.1) is 5.41 Å². The number of hydrogen-bond acceptors (Lipinski definition) is 3. The number of ether oxygens (including phenoxy) is 2. The molecule has 0 radical (unpaired) electrons. The predicted octanol–water partition coefficient (Wildman–Crippen LogP) is 3.03. The highest BCUT2D eigenvalue weighted by Crippen LogP contribution is 2.50. The molecule has 0 amide bonds. The molecule has 0 saturated heterocycles. The van der Waals surface area contributed by atoms with Crippen LogP contribution >= 0.6 is 0 Å². The Morgan fingerprint density at radius 3 is 2.12 bits per heavy atom. The van der Waals surface area contributed by atoms with E-state index >= 15 is 0 Å². The number of hydrogen-bond donors (Lipinski definition) is 0. The summed E-state index contributed by atoms with van der Waals surface area (Å²) in [7, 11) is 1.74. The predicted molar refractivity (Wildman–Crippen MR) is 66.9 cm³/mol. The minimum atomic E-state index is -0.270. The molecule has 0 N–H and O–H groups in total. The Bertz CT molecular complexity index is 307. The molecule has 2 unspecified atom stereocenters. The maximum absolute atomic E-state index is 5.87. The van der Waals surface area contributed by atoms with E-state index in [0.29, 0.717) is 0 Å². The molecule has 1 rings (SSSR count). The molecule has 0 aliphatic carbocycles. The average molecular weight is 227 g/mol. The van der Waals surface area contributed by atoms with Crippen LogP contribution < -0.4 is 0 Å². The van der Waals surface area contributed by atoms with Gasteiger partial charge in [0.05, 0.1) is 11.6 Å². The molecule has 94 valence electrons. The summed E-state index contributed by atoms with van der Waals surface area (Å²) in [5.74, 6) is 0.746. The third-order valence-corrected chi connectivity index (χ3v) is 4.71. The van der Waals surface area contributed by atoms with E-state index in [1.54, 1.807) is 7.11 Å². The number of rotatable bonds is 2. The Balaban J connectivity index is 3.31. The lowest BCUT2D eigenvalue weighted by Crippen LogP contribution is -2.63. The first-order chi connectivity index (χ1) is 7.08. The Labute approximate surface area is 99.2 Å². The minimum absolute atomic E-state index is 0.0561. The standard InChI is InChI=1S/C13H25NO2/c1-9(15-8)13(7)11(3,4)12(5,6)16-10(2)14-13/h9H,1-8H3. The van der Waals surface area contributed by atoms with Gasteiger partial charge in [-0.1, -0.05) is 13.8 Å². The smallest absolute Gasteiger partial charge is 0.181 e. The minimum Gasteiger partial charge on any atom is -0.475 e. The number of methoxy groups -OCH3 is 1. The van der Waals surface area contributed by atoms with Crippen molar-refractivity contribution in [3.05, 3.63) is 0 Å². The van der Waals surface area contributed by atoms with Crippen molar-refractivity contribution in [2.24, 2.45) is 10.4 Å². The van der Waals surface area contributed by atoms with E-state index in [2.05, 4.69) is 41.5 Å². The van der Waals surface area contributed by atoms with Crippen LogP contribution in [-0.4, -0.2) is 30.3 Å². The van der Waals surface area contributed by atoms with Crippen LogP contribution in [0.5, 0.6) is 0 Å². The Hall–Kier alpha value is -0.570. The van der Waals surface area contributed by atoms with Gasteiger partial charge < -0.3 is 9.47 Å². The van der Waals surface area contributed by atoms with Gasteiger partial charge in [-0.2, -0.15) is 0 Å². The molecular formula is C13H25NO2. The fourth-order valence-corrected chi connectivity index (χ4v) is 2.42. The van der Waals surface area contributed by atoms with Crippen LogP contribution in [0.25, 0.3) is 0 Å². The van der Waals surface area contributed by atoms with Crippen LogP contribution in [0.4, 0.5) is 0 Å². The van der Waals surface area contributed by atoms with Crippen molar-refractivity contribution in [1.29, 1.82) is 0 Å². The molecule has 3 nitrogen and oxygen atoms in total. The van der Waals surface area contributed by atoms with Gasteiger partial charge in [-0.3, -0.25) is 0 Å². The van der Waals surface area contributed by atoms with Crippen molar-refractivity contribution in [2.45, 2.75) is 65.7 Å². The number of aliphatic imine (C=N–C) groups is 1. The van der Waals surface area contributed by atoms with Gasteiger partial charge in [0.1, 0.15) is 5.60 Å². The Morgan fingerprint density at radius 2 is 1.69 bits per heavy atom. The van der Waals surface area contributed by atoms with Crippen LogP contribution in [0.3, 0.4) is 0 Å². The van der Waals surface area contributed by atoms with Crippen LogP contribution in [0.15, 0.2) is 4.99 Å². The average Bonchev–Trinajstić information content (AvgIpc) is 2.12. The summed E-state index contributed by atoms with van der Waals surface area (Å²) in [6.45, 7) is 14.8. The summed E-state index contributed by atoms with van der Waals surface area (Å²) >= 11 is 0. The first kappa shape index (κ1) is 13.5. The van der Waals surface area contributed by atoms with E-state index in [4.69, 9.17) is 14.5 Å². The zero-order chi connectivity index (χ0) is 12.8. The fraction of sp³-hybridized carbons (Fsp3) is 0.923. The SMILES string of the molecule is COC(C)C1(C)N=C(C)OC(C)(C)C1(C)C. The molecule has 16 heavy (non-hydrogen) atoms. The maximum atomic E-state index is 5.87. The molecule has 2 atom stereocenters. The van der Waals surface area contributed by atoms with Crippen molar-refractivity contribution in [3.63, 3.8) is 0 Å². The zero-order valence-electron chi connectivity index (χ0n) is 11.8. The molecular weight excluding hydrogens is 202 g/mol. The second kappa shape index (κ2) is 3.73. The largest absolute Gasteiger partial charge is 0.475 e. The second-order valence-electron chi connectivity index (χ2n) is 5.89. The molecule has 3 heteroatoms. The van der Waals surface area contributed by atoms with Gasteiger partial charge in [-0.15, -0.1) is 0 Å². The summed E-state index contributed by atoms with van der Waals surface area (Å²) < 4.78 is 11.4. The summed E-state index contributed by atoms with van der Waals surface area (Å²) in [5.41, 5.74) is -0.622. The summed E-state index contributed by atoms with van der Waals surface area (Å²) in [5, 5.41) is 0. The highest BCUT2D eigenvalue weighted by molar-refractivity contribution is 5.75. The van der Waals surface area contributed by atoms with Crippen molar-refractivity contribution in [1.82, 2.24) is 0 Å². The van der Waals surface area contributed by atoms with E-state index in [0.717, 1.165) is 5.90 Å². The zero-order valence-corrected chi connectivity index (χ0v) is 11.8. The van der Waals surface area contributed by atoms with Gasteiger partial charge in [0.15, 0.2) is 5.90 Å². The highest BCUT2D eigenvalue weighted by atomic mass is 16.5. The van der Waals surface area contributed by atoms with Crippen LogP contribution in [-0.2, 0) is 9.47 Å². The third-order valence-electron chi connectivity index (χ3n) is 4.71. The van der Waals surface area contributed by atoms with Gasteiger partial charge in [0.25, 0.3) is 0 Å². The molecule has 0 spiro atoms. The van der Waals surface area contributed by atoms with Crippen molar-refractivity contribution in [2.75, 3.05) is 7.11 Å². The van der Waals surface area contributed by atoms with Crippen LogP contribution in [0.2, 0.25) is 0 Å². The summed E-state index contributed by atoms with van der Waals surface area (Å²) in [6, 6.07) is 0. The van der Waals surface area contributed by atoms with Gasteiger partial charge >= 0.3 is 0 Å². The molecule has 1 aliphatic rings. The van der Waals surface area contributed by atoms with E-state index < -0.39 is 0 Å². The van der Waals surface area contributed by atoms with Crippen molar-refractivity contribution >= 4 is 5.90 Å². The fourth-order valence-electron chi connectivity index (χ4n) is 2.42. The Morgan fingerprint density at radius 1 is 1.19 bits per heavy atom. The van der Waals surface area contributed by atoms with E-state index in [-0.39, 0.29) is 22.7 Å². The maximum Gasteiger partial charge on any atom is 0.181 e. The van der Waals surface area contributed by atoms with Crippen molar-refractivity contribution < 1.29 is 9.47 Å². The third kappa shape index (κ3) is 1.65. The quantitative estimate of drug-likeness (QED) is 0.726. The molecule has 0 saturated carbocycles. The number of nitrogens with zero attached hydrogens (tertiary/aromatic N) is 1. The molecule has 0 aromatic heterocycles. The lowest BCUT2D eigenvalue weighted by Gasteiger charge is -2.55. The highest BCUT2D eigenvalue weighted by Gasteiger charge is 2.57. The van der Waals surface area contributed by atoms with E-state index in [1.165, 1.54) is 0 Å². The van der Waals surface area contributed by atoms with E-state index in [1.807, 2.05) is 6.92 Å². The monoisotopic (exact) mass is 227 g/mol. The molecule has 1 aliphatic heterocycles. The second-order valence-corrected chi connectivity index (χ2v) is 5.89. The molecule has 0 aromatic carbocycles. The van der Waals surface area contributed by atoms with Crippen LogP contribution in [0.1, 0.15) is 48.5 Å². The topological polar surface area (TPSA) is 30.8 Å². The lowest BCUT2D eigenvalue weighted by molar-refractivity contribution is -0.121. The first-order valence-corrected chi connectivity index (χ1v) is 5.87. The Kier molecular flexibility index (Phi) is 3.14. The summed E-state index contributed by atoms with van der Waals surface area (Å²) in [6.07, 6.45) is 0.0561. The van der Waals surface area contributed by atoms with Gasteiger partial charge in [-0.05, 0) is 27.7 Å². The lowest BCUT2D eigenvalue weighted by atomic mass is 9.61. The van der Waals surface area contributed by atoms with Gasteiger partial charge in [0, 0.05) is 19.4 Å². The summed E-state index contributed by atoms with van der Waals surface area (Å²) in [4.78, 5) is 4.70. The molecule has 1 heterocycles.